The van der Waals surface area contributed by atoms with Gasteiger partial charge in [0, 0.05) is 0 Å². The van der Waals surface area contributed by atoms with Crippen molar-refractivity contribution in [3.05, 3.63) is 157 Å². The summed E-state index contributed by atoms with van der Waals surface area (Å²) in [5, 5.41) is 7.44. The second kappa shape index (κ2) is 9.57. The minimum absolute atomic E-state index is 0.00970. The Hall–Kier alpha value is -4.82. The van der Waals surface area contributed by atoms with Gasteiger partial charge in [-0.05, 0) is 62.2 Å². The number of benzene rings is 6. The van der Waals surface area contributed by atoms with E-state index in [1.54, 1.807) is 6.26 Å². The fourth-order valence-electron chi connectivity index (χ4n) is 5.56. The third-order valence-corrected chi connectivity index (χ3v) is 7.45. The normalized spacial score (nSPS) is 11.8. The molecule has 0 aliphatic heterocycles. The van der Waals surface area contributed by atoms with Crippen LogP contribution in [0.5, 0.6) is 0 Å². The standard InChI is InChI=1S/C36H25BO/c1-4-11-29-22-32(16-15-26(29)8-1)36(25-35-14-7-21-38-35)37(33-19-17-27-9-2-5-12-30(27)23-33)34-20-18-28-10-3-6-13-31(28)24-34/h1-25H/b36-25-. The zero-order chi connectivity index (χ0) is 25.3. The van der Waals surface area contributed by atoms with E-state index in [0.29, 0.717) is 0 Å². The molecule has 1 nitrogen and oxygen atoms in total. The van der Waals surface area contributed by atoms with Crippen LogP contribution in [0.1, 0.15) is 11.3 Å². The first-order valence-electron chi connectivity index (χ1n) is 13.0. The van der Waals surface area contributed by atoms with Crippen molar-refractivity contribution < 1.29 is 4.42 Å². The van der Waals surface area contributed by atoms with Crippen LogP contribution in [0, 0.1) is 0 Å². The fraction of sp³-hybridized carbons (Fsp3) is 0. The topological polar surface area (TPSA) is 13.1 Å². The molecule has 7 rings (SSSR count). The Kier molecular flexibility index (Phi) is 5.64. The maximum atomic E-state index is 5.86. The molecule has 178 valence electrons. The molecule has 2 heteroatoms. The predicted octanol–water partition coefficient (Wildman–Crippen LogP) is 8.13. The van der Waals surface area contributed by atoms with Gasteiger partial charge >= 0.3 is 0 Å². The van der Waals surface area contributed by atoms with E-state index in [0.717, 1.165) is 5.76 Å². The minimum atomic E-state index is 0.00970. The molecular weight excluding hydrogens is 459 g/mol. The number of hydrogen-bond donors (Lipinski definition) is 0. The highest BCUT2D eigenvalue weighted by atomic mass is 16.3. The molecule has 1 heterocycles. The van der Waals surface area contributed by atoms with Crippen LogP contribution in [0.25, 0.3) is 43.9 Å². The molecule has 0 bridgehead atoms. The van der Waals surface area contributed by atoms with Crippen molar-refractivity contribution in [3.8, 4) is 0 Å². The molecule has 0 fully saturated rings. The van der Waals surface area contributed by atoms with Gasteiger partial charge in [-0.1, -0.05) is 138 Å². The summed E-state index contributed by atoms with van der Waals surface area (Å²) in [5.41, 5.74) is 4.90. The first kappa shape index (κ1) is 22.4. The van der Waals surface area contributed by atoms with Gasteiger partial charge in [0.05, 0.1) is 6.26 Å². The van der Waals surface area contributed by atoms with Crippen LogP contribution in [0.4, 0.5) is 0 Å². The monoisotopic (exact) mass is 484 g/mol. The third kappa shape index (κ3) is 4.21. The predicted molar refractivity (Wildman–Crippen MR) is 163 cm³/mol. The molecule has 0 atom stereocenters. The average molecular weight is 484 g/mol. The first-order valence-corrected chi connectivity index (χ1v) is 13.0. The van der Waals surface area contributed by atoms with Crippen molar-refractivity contribution in [1.29, 1.82) is 0 Å². The van der Waals surface area contributed by atoms with Gasteiger partial charge in [-0.3, -0.25) is 0 Å². The Bertz CT molecular complexity index is 1850. The number of fused-ring (bicyclic) bond motifs is 3. The van der Waals surface area contributed by atoms with Gasteiger partial charge in [-0.2, -0.15) is 0 Å². The maximum absolute atomic E-state index is 5.86. The van der Waals surface area contributed by atoms with E-state index < -0.39 is 0 Å². The van der Waals surface area contributed by atoms with Crippen molar-refractivity contribution in [2.45, 2.75) is 0 Å². The molecule has 0 N–H and O–H groups in total. The molecule has 38 heavy (non-hydrogen) atoms. The Morgan fingerprint density at radius 1 is 0.474 bits per heavy atom. The Balaban J connectivity index is 1.50. The zero-order valence-electron chi connectivity index (χ0n) is 20.9. The largest absolute Gasteiger partial charge is 0.465 e. The molecule has 6 aromatic carbocycles. The maximum Gasteiger partial charge on any atom is 0.242 e. The van der Waals surface area contributed by atoms with E-state index >= 15 is 0 Å². The van der Waals surface area contributed by atoms with Crippen molar-refractivity contribution in [3.63, 3.8) is 0 Å². The lowest BCUT2D eigenvalue weighted by Crippen LogP contribution is -2.43. The van der Waals surface area contributed by atoms with Crippen molar-refractivity contribution in [2.75, 3.05) is 0 Å². The van der Waals surface area contributed by atoms with Crippen LogP contribution in [0.15, 0.2) is 150 Å². The van der Waals surface area contributed by atoms with Gasteiger partial charge in [0.15, 0.2) is 0 Å². The molecule has 0 saturated heterocycles. The van der Waals surface area contributed by atoms with Crippen LogP contribution >= 0.6 is 0 Å². The highest BCUT2D eigenvalue weighted by Crippen LogP contribution is 2.27. The molecule has 0 saturated carbocycles. The fourth-order valence-corrected chi connectivity index (χ4v) is 5.56. The quantitative estimate of drug-likeness (QED) is 0.225. The summed E-state index contributed by atoms with van der Waals surface area (Å²) < 4.78 is 5.86. The first-order chi connectivity index (χ1) is 18.8. The lowest BCUT2D eigenvalue weighted by Gasteiger charge is -2.21. The summed E-state index contributed by atoms with van der Waals surface area (Å²) in [6.45, 7) is 0.00970. The highest BCUT2D eigenvalue weighted by Gasteiger charge is 2.26. The van der Waals surface area contributed by atoms with Crippen molar-refractivity contribution >= 4 is 61.5 Å². The van der Waals surface area contributed by atoms with Gasteiger partial charge in [0.2, 0.25) is 6.71 Å². The van der Waals surface area contributed by atoms with E-state index in [9.17, 15) is 0 Å². The highest BCUT2D eigenvalue weighted by molar-refractivity contribution is 7.00. The lowest BCUT2D eigenvalue weighted by molar-refractivity contribution is 0.557. The molecule has 7 aromatic rings. The summed E-state index contributed by atoms with van der Waals surface area (Å²) in [6.07, 6.45) is 3.95. The summed E-state index contributed by atoms with van der Waals surface area (Å²) in [7, 11) is 0. The Morgan fingerprint density at radius 3 is 1.50 bits per heavy atom. The average Bonchev–Trinajstić information content (AvgIpc) is 3.50. The summed E-state index contributed by atoms with van der Waals surface area (Å²) in [6, 6.07) is 50.2. The van der Waals surface area contributed by atoms with Crippen molar-refractivity contribution in [1.82, 2.24) is 0 Å². The smallest absolute Gasteiger partial charge is 0.242 e. The molecular formula is C36H25BO. The van der Waals surface area contributed by atoms with Gasteiger partial charge in [-0.15, -0.1) is 0 Å². The van der Waals surface area contributed by atoms with E-state index in [-0.39, 0.29) is 6.71 Å². The van der Waals surface area contributed by atoms with Gasteiger partial charge < -0.3 is 4.42 Å². The lowest BCUT2D eigenvalue weighted by atomic mass is 9.35. The van der Waals surface area contributed by atoms with Crippen molar-refractivity contribution in [2.24, 2.45) is 0 Å². The third-order valence-electron chi connectivity index (χ3n) is 7.45. The molecule has 0 aliphatic carbocycles. The molecule has 0 aliphatic rings. The van der Waals surface area contributed by atoms with Gasteiger partial charge in [0.1, 0.15) is 5.76 Å². The second-order valence-electron chi connectivity index (χ2n) is 9.82. The molecule has 0 amide bonds. The summed E-state index contributed by atoms with van der Waals surface area (Å²) in [5.74, 6) is 0.847. The minimum Gasteiger partial charge on any atom is -0.465 e. The molecule has 0 unspecified atom stereocenters. The summed E-state index contributed by atoms with van der Waals surface area (Å²) in [4.78, 5) is 0. The van der Waals surface area contributed by atoms with Crippen LogP contribution in [-0.2, 0) is 0 Å². The van der Waals surface area contributed by atoms with Gasteiger partial charge in [0.25, 0.3) is 0 Å². The number of rotatable bonds is 5. The zero-order valence-corrected chi connectivity index (χ0v) is 20.9. The Morgan fingerprint density at radius 2 is 0.974 bits per heavy atom. The van der Waals surface area contributed by atoms with E-state index in [2.05, 4.69) is 133 Å². The van der Waals surface area contributed by atoms with Crippen LogP contribution < -0.4 is 10.9 Å². The molecule has 0 spiro atoms. The van der Waals surface area contributed by atoms with Gasteiger partial charge in [-0.25, -0.2) is 0 Å². The van der Waals surface area contributed by atoms with E-state index in [1.165, 1.54) is 54.3 Å². The van der Waals surface area contributed by atoms with Crippen LogP contribution in [0.3, 0.4) is 0 Å². The summed E-state index contributed by atoms with van der Waals surface area (Å²) >= 11 is 0. The molecule has 0 radical (unpaired) electrons. The Labute approximate surface area is 222 Å². The SMILES string of the molecule is C(=C(/B(c1ccc2ccccc2c1)c1ccc2ccccc2c1)c1ccc2ccccc2c1)/c1ccco1. The molecule has 1 aromatic heterocycles. The van der Waals surface area contributed by atoms with E-state index in [1.807, 2.05) is 12.1 Å². The van der Waals surface area contributed by atoms with Crippen LogP contribution in [-0.4, -0.2) is 6.71 Å². The van der Waals surface area contributed by atoms with Crippen LogP contribution in [0.2, 0.25) is 0 Å². The number of furan rings is 1. The second-order valence-corrected chi connectivity index (χ2v) is 9.82. The number of hydrogen-bond acceptors (Lipinski definition) is 1. The van der Waals surface area contributed by atoms with E-state index in [4.69, 9.17) is 4.42 Å².